The van der Waals surface area contributed by atoms with Crippen LogP contribution < -0.4 is 0 Å². The highest BCUT2D eigenvalue weighted by Gasteiger charge is 2.10. The first-order valence-electron chi connectivity index (χ1n) is 11.8. The number of carbonyl (C=O) groups is 2. The summed E-state index contributed by atoms with van der Waals surface area (Å²) in [5, 5.41) is 3.82. The Morgan fingerprint density at radius 3 is 1.64 bits per heavy atom. The zero-order valence-electron chi connectivity index (χ0n) is 20.3. The van der Waals surface area contributed by atoms with E-state index in [0.29, 0.717) is 16.8 Å². The first kappa shape index (κ1) is 25.1. The van der Waals surface area contributed by atoms with Gasteiger partial charge in [-0.3, -0.25) is 4.79 Å². The Morgan fingerprint density at radius 1 is 0.639 bits per heavy atom. The van der Waals surface area contributed by atoms with Crippen molar-refractivity contribution in [3.63, 3.8) is 0 Å². The first-order valence-corrected chi connectivity index (χ1v) is 12.6. The Kier molecular flexibility index (Phi) is 8.48. The number of rotatable bonds is 9. The van der Waals surface area contributed by atoms with Crippen LogP contribution in [0.25, 0.3) is 0 Å². The summed E-state index contributed by atoms with van der Waals surface area (Å²) in [5.74, 6) is -0.409. The molecule has 4 rings (SSSR count). The molecule has 36 heavy (non-hydrogen) atoms. The molecule has 0 spiro atoms. The van der Waals surface area contributed by atoms with E-state index in [-0.39, 0.29) is 5.78 Å². The second-order valence-electron chi connectivity index (χ2n) is 8.42. The van der Waals surface area contributed by atoms with Gasteiger partial charge in [0.05, 0.1) is 5.71 Å². The van der Waals surface area contributed by atoms with Crippen molar-refractivity contribution in [1.29, 1.82) is 0 Å². The van der Waals surface area contributed by atoms with Crippen molar-refractivity contribution in [3.8, 4) is 0 Å². The monoisotopic (exact) mass is 493 g/mol. The molecular weight excluding hydrogens is 466 g/mol. The molecule has 0 aromatic heterocycles. The number of nitrogens with zero attached hydrogens (tertiary/aromatic N) is 1. The van der Waals surface area contributed by atoms with Crippen molar-refractivity contribution in [2.75, 3.05) is 0 Å². The zero-order chi connectivity index (χ0) is 25.3. The van der Waals surface area contributed by atoms with Gasteiger partial charge in [-0.05, 0) is 72.9 Å². The minimum absolute atomic E-state index is 0.0270. The molecule has 0 saturated carbocycles. The van der Waals surface area contributed by atoms with Gasteiger partial charge in [0.2, 0.25) is 0 Å². The van der Waals surface area contributed by atoms with Gasteiger partial charge in [0.15, 0.2) is 5.78 Å². The third-order valence-corrected chi connectivity index (χ3v) is 6.71. The lowest BCUT2D eigenvalue weighted by atomic mass is 9.99. The summed E-state index contributed by atoms with van der Waals surface area (Å²) in [4.78, 5) is 30.8. The van der Waals surface area contributed by atoms with Crippen molar-refractivity contribution in [2.45, 2.75) is 36.5 Å². The summed E-state index contributed by atoms with van der Waals surface area (Å²) in [7, 11) is 0. The molecule has 4 nitrogen and oxygen atoms in total. The molecular formula is C31H27NO3S. The fourth-order valence-electron chi connectivity index (χ4n) is 3.68. The summed E-state index contributed by atoms with van der Waals surface area (Å²) in [5.41, 5.74) is 5.32. The van der Waals surface area contributed by atoms with Crippen LogP contribution in [0.2, 0.25) is 0 Å². The standard InChI is InChI=1S/C31H27NO3S/c1-22(32-35-23(2)33)26-14-10-24(11-15-26)8-9-25-12-16-27(17-13-25)31(34)28-18-20-30(21-19-28)36-29-6-4-3-5-7-29/h3-7,10-21H,8-9H2,1-2H3/b32-22-. The van der Waals surface area contributed by atoms with E-state index < -0.39 is 5.97 Å². The quantitative estimate of drug-likeness (QED) is 0.108. The van der Waals surface area contributed by atoms with Crippen LogP contribution in [0.4, 0.5) is 0 Å². The maximum absolute atomic E-state index is 12.9. The van der Waals surface area contributed by atoms with Crippen molar-refractivity contribution in [1.82, 2.24) is 0 Å². The summed E-state index contributed by atoms with van der Waals surface area (Å²) < 4.78 is 0. The predicted octanol–water partition coefficient (Wildman–Crippen LogP) is 7.14. The van der Waals surface area contributed by atoms with Gasteiger partial charge >= 0.3 is 5.97 Å². The van der Waals surface area contributed by atoms with Crippen LogP contribution in [0.5, 0.6) is 0 Å². The number of aryl methyl sites for hydroxylation is 2. The van der Waals surface area contributed by atoms with Gasteiger partial charge in [-0.15, -0.1) is 0 Å². The van der Waals surface area contributed by atoms with Crippen LogP contribution in [-0.2, 0) is 22.5 Å². The molecule has 0 radical (unpaired) electrons. The SMILES string of the molecule is CC(=O)O/N=C(/C)c1ccc(CCc2ccc(C(=O)c3ccc(Sc4ccccc4)cc3)cc2)cc1. The molecule has 0 saturated heterocycles. The minimum Gasteiger partial charge on any atom is -0.318 e. The molecule has 0 bridgehead atoms. The number of ketones is 1. The average molecular weight is 494 g/mol. The van der Waals surface area contributed by atoms with E-state index in [2.05, 4.69) is 29.4 Å². The lowest BCUT2D eigenvalue weighted by molar-refractivity contribution is -0.140. The number of hydrogen-bond donors (Lipinski definition) is 0. The molecule has 0 amide bonds. The van der Waals surface area contributed by atoms with E-state index in [1.165, 1.54) is 22.9 Å². The predicted molar refractivity (Wildman–Crippen MR) is 145 cm³/mol. The second kappa shape index (κ2) is 12.1. The van der Waals surface area contributed by atoms with Crippen LogP contribution >= 0.6 is 11.8 Å². The molecule has 0 aliphatic carbocycles. The summed E-state index contributed by atoms with van der Waals surface area (Å²) in [6, 6.07) is 33.9. The van der Waals surface area contributed by atoms with Crippen molar-refractivity contribution < 1.29 is 14.4 Å². The van der Waals surface area contributed by atoms with Gasteiger partial charge in [-0.1, -0.05) is 83.6 Å². The largest absolute Gasteiger partial charge is 0.331 e. The molecule has 4 aromatic rings. The Balaban J connectivity index is 1.32. The normalized spacial score (nSPS) is 11.2. The van der Waals surface area contributed by atoms with Crippen molar-refractivity contribution in [3.05, 3.63) is 131 Å². The first-order chi connectivity index (χ1) is 17.5. The van der Waals surface area contributed by atoms with Gasteiger partial charge in [0.1, 0.15) is 0 Å². The zero-order valence-corrected chi connectivity index (χ0v) is 21.1. The number of oxime groups is 1. The lowest BCUT2D eigenvalue weighted by Crippen LogP contribution is -2.02. The topological polar surface area (TPSA) is 55.7 Å². The summed E-state index contributed by atoms with van der Waals surface area (Å²) >= 11 is 1.68. The summed E-state index contributed by atoms with van der Waals surface area (Å²) in [6.45, 7) is 3.13. The van der Waals surface area contributed by atoms with Gasteiger partial charge in [-0.2, -0.15) is 0 Å². The van der Waals surface area contributed by atoms with E-state index in [1.807, 2.05) is 78.9 Å². The lowest BCUT2D eigenvalue weighted by Gasteiger charge is -2.07. The maximum atomic E-state index is 12.9. The van der Waals surface area contributed by atoms with Crippen molar-refractivity contribution in [2.24, 2.45) is 5.16 Å². The average Bonchev–Trinajstić information content (AvgIpc) is 2.92. The van der Waals surface area contributed by atoms with E-state index >= 15 is 0 Å². The fourth-order valence-corrected chi connectivity index (χ4v) is 4.51. The molecule has 0 aliphatic heterocycles. The molecule has 0 heterocycles. The van der Waals surface area contributed by atoms with Crippen molar-refractivity contribution >= 4 is 29.2 Å². The molecule has 4 aromatic carbocycles. The van der Waals surface area contributed by atoms with Crippen LogP contribution in [0.3, 0.4) is 0 Å². The Morgan fingerprint density at radius 2 is 1.11 bits per heavy atom. The van der Waals surface area contributed by atoms with Gasteiger partial charge in [-0.25, -0.2) is 4.79 Å². The van der Waals surface area contributed by atoms with E-state index in [9.17, 15) is 9.59 Å². The molecule has 0 unspecified atom stereocenters. The Labute approximate surface area is 216 Å². The minimum atomic E-state index is -0.436. The van der Waals surface area contributed by atoms with Gasteiger partial charge in [0, 0.05) is 27.8 Å². The van der Waals surface area contributed by atoms with Gasteiger partial charge in [0.25, 0.3) is 0 Å². The van der Waals surface area contributed by atoms with Crippen LogP contribution in [0, 0.1) is 0 Å². The Bertz CT molecular complexity index is 1340. The van der Waals surface area contributed by atoms with Crippen LogP contribution in [0.15, 0.2) is 118 Å². The molecule has 0 N–H and O–H groups in total. The second-order valence-corrected chi connectivity index (χ2v) is 9.57. The number of benzene rings is 4. The highest BCUT2D eigenvalue weighted by Crippen LogP contribution is 2.27. The van der Waals surface area contributed by atoms with E-state index in [0.717, 1.165) is 23.3 Å². The maximum Gasteiger partial charge on any atom is 0.331 e. The van der Waals surface area contributed by atoms with Crippen LogP contribution in [0.1, 0.15) is 46.5 Å². The third kappa shape index (κ3) is 7.03. The number of carbonyl (C=O) groups excluding carboxylic acids is 2. The van der Waals surface area contributed by atoms with E-state index in [1.54, 1.807) is 18.7 Å². The number of hydrogen-bond acceptors (Lipinski definition) is 5. The molecule has 0 aliphatic rings. The molecule has 0 atom stereocenters. The highest BCUT2D eigenvalue weighted by molar-refractivity contribution is 7.99. The smallest absolute Gasteiger partial charge is 0.318 e. The fraction of sp³-hybridized carbons (Fsp3) is 0.129. The van der Waals surface area contributed by atoms with Crippen LogP contribution in [-0.4, -0.2) is 17.5 Å². The Hall–Kier alpha value is -3.96. The summed E-state index contributed by atoms with van der Waals surface area (Å²) in [6.07, 6.45) is 1.76. The highest BCUT2D eigenvalue weighted by atomic mass is 32.2. The molecule has 5 heteroatoms. The van der Waals surface area contributed by atoms with Gasteiger partial charge < -0.3 is 4.84 Å². The van der Waals surface area contributed by atoms with E-state index in [4.69, 9.17) is 4.84 Å². The molecule has 180 valence electrons. The molecule has 0 fully saturated rings. The third-order valence-electron chi connectivity index (χ3n) is 5.70.